The molecule has 2 aromatic rings. The zero-order valence-electron chi connectivity index (χ0n) is 11.0. The highest BCUT2D eigenvalue weighted by Crippen LogP contribution is 2.09. The molecule has 0 aliphatic heterocycles. The van der Waals surface area contributed by atoms with Crippen molar-refractivity contribution in [3.05, 3.63) is 48.4 Å². The van der Waals surface area contributed by atoms with Gasteiger partial charge in [0, 0.05) is 25.6 Å². The molecule has 2 rings (SSSR count). The van der Waals surface area contributed by atoms with Gasteiger partial charge in [-0.3, -0.25) is 4.79 Å². The van der Waals surface area contributed by atoms with E-state index < -0.39 is 0 Å². The topological polar surface area (TPSA) is 58.4 Å². The number of carbonyl (C=O) groups excluding carboxylic acids is 1. The van der Waals surface area contributed by atoms with Crippen LogP contribution in [0.3, 0.4) is 0 Å². The molecule has 19 heavy (non-hydrogen) atoms. The number of aliphatic hydroxyl groups is 1. The zero-order valence-corrected chi connectivity index (χ0v) is 11.0. The van der Waals surface area contributed by atoms with Crippen molar-refractivity contribution in [1.29, 1.82) is 0 Å². The molecule has 0 spiro atoms. The van der Waals surface area contributed by atoms with Crippen molar-refractivity contribution in [3.8, 4) is 5.82 Å². The second-order valence-corrected chi connectivity index (χ2v) is 4.44. The fourth-order valence-corrected chi connectivity index (χ4v) is 1.68. The minimum atomic E-state index is -0.211. The molecule has 0 fully saturated rings. The van der Waals surface area contributed by atoms with Gasteiger partial charge in [-0.2, -0.15) is 0 Å². The van der Waals surface area contributed by atoms with E-state index in [0.29, 0.717) is 5.56 Å². The molecule has 2 heterocycles. The molecule has 0 aliphatic carbocycles. The third-order valence-electron chi connectivity index (χ3n) is 3.11. The van der Waals surface area contributed by atoms with Crippen molar-refractivity contribution >= 4 is 5.91 Å². The number of amides is 1. The standard InChI is InChI=1S/C14H17N3O2/c1-11(10-18)16(2)14(19)12-5-6-13(15-9-12)17-7-3-4-8-17/h3-9,11,18H,10H2,1-2H3. The number of pyridine rings is 1. The van der Waals surface area contributed by atoms with Gasteiger partial charge in [-0.05, 0) is 31.2 Å². The first-order chi connectivity index (χ1) is 9.13. The van der Waals surface area contributed by atoms with E-state index in [2.05, 4.69) is 4.98 Å². The fraction of sp³-hybridized carbons (Fsp3) is 0.286. The number of nitrogens with zero attached hydrogens (tertiary/aromatic N) is 3. The van der Waals surface area contributed by atoms with Crippen molar-refractivity contribution < 1.29 is 9.90 Å². The normalized spacial score (nSPS) is 12.2. The molecule has 1 N–H and O–H groups in total. The SMILES string of the molecule is CC(CO)N(C)C(=O)c1ccc(-n2cccc2)nc1. The van der Waals surface area contributed by atoms with Crippen LogP contribution in [-0.2, 0) is 0 Å². The summed E-state index contributed by atoms with van der Waals surface area (Å²) < 4.78 is 1.87. The van der Waals surface area contributed by atoms with Gasteiger partial charge in [-0.1, -0.05) is 0 Å². The molecule has 0 aliphatic rings. The van der Waals surface area contributed by atoms with E-state index in [-0.39, 0.29) is 18.6 Å². The molecule has 0 saturated heterocycles. The summed E-state index contributed by atoms with van der Waals surface area (Å²) in [7, 11) is 1.67. The summed E-state index contributed by atoms with van der Waals surface area (Å²) in [6, 6.07) is 7.15. The Kier molecular flexibility index (Phi) is 3.97. The summed E-state index contributed by atoms with van der Waals surface area (Å²) in [6.45, 7) is 1.73. The molecule has 1 unspecified atom stereocenters. The van der Waals surface area contributed by atoms with E-state index in [1.54, 1.807) is 32.3 Å². The van der Waals surface area contributed by atoms with Crippen LogP contribution in [0.5, 0.6) is 0 Å². The Hall–Kier alpha value is -2.14. The Bertz CT molecular complexity index is 534. The summed E-state index contributed by atoms with van der Waals surface area (Å²) in [4.78, 5) is 17.9. The molecule has 0 bridgehead atoms. The van der Waals surface area contributed by atoms with E-state index in [0.717, 1.165) is 5.82 Å². The predicted molar refractivity (Wildman–Crippen MR) is 72.2 cm³/mol. The van der Waals surface area contributed by atoms with Crippen LogP contribution in [0.4, 0.5) is 0 Å². The minimum Gasteiger partial charge on any atom is -0.394 e. The summed E-state index contributed by atoms with van der Waals surface area (Å²) in [6.07, 6.45) is 5.34. The molecule has 5 nitrogen and oxygen atoms in total. The quantitative estimate of drug-likeness (QED) is 0.901. The molecule has 5 heteroatoms. The maximum atomic E-state index is 12.1. The van der Waals surface area contributed by atoms with Gasteiger partial charge in [0.25, 0.3) is 5.91 Å². The monoisotopic (exact) mass is 259 g/mol. The van der Waals surface area contributed by atoms with Gasteiger partial charge in [-0.15, -0.1) is 0 Å². The van der Waals surface area contributed by atoms with Crippen molar-refractivity contribution in [2.45, 2.75) is 13.0 Å². The van der Waals surface area contributed by atoms with Crippen molar-refractivity contribution in [2.24, 2.45) is 0 Å². The summed E-state index contributed by atoms with van der Waals surface area (Å²) >= 11 is 0. The Morgan fingerprint density at radius 1 is 1.42 bits per heavy atom. The van der Waals surface area contributed by atoms with E-state index in [1.165, 1.54) is 4.90 Å². The van der Waals surface area contributed by atoms with Crippen molar-refractivity contribution in [2.75, 3.05) is 13.7 Å². The zero-order chi connectivity index (χ0) is 13.8. The molecule has 100 valence electrons. The number of hydrogen-bond donors (Lipinski definition) is 1. The van der Waals surface area contributed by atoms with Crippen LogP contribution in [0.25, 0.3) is 5.82 Å². The highest BCUT2D eigenvalue weighted by molar-refractivity contribution is 5.94. The van der Waals surface area contributed by atoms with Crippen LogP contribution < -0.4 is 0 Å². The number of hydrogen-bond acceptors (Lipinski definition) is 3. The lowest BCUT2D eigenvalue weighted by Gasteiger charge is -2.23. The number of carbonyl (C=O) groups is 1. The maximum absolute atomic E-state index is 12.1. The van der Waals surface area contributed by atoms with Gasteiger partial charge in [0.15, 0.2) is 0 Å². The maximum Gasteiger partial charge on any atom is 0.255 e. The van der Waals surface area contributed by atoms with Gasteiger partial charge in [0.05, 0.1) is 18.2 Å². The third kappa shape index (κ3) is 2.82. The van der Waals surface area contributed by atoms with Crippen molar-refractivity contribution in [1.82, 2.24) is 14.5 Å². The lowest BCUT2D eigenvalue weighted by Crippen LogP contribution is -2.37. The van der Waals surface area contributed by atoms with Crippen LogP contribution in [-0.4, -0.2) is 45.2 Å². The van der Waals surface area contributed by atoms with E-state index in [9.17, 15) is 4.79 Å². The third-order valence-corrected chi connectivity index (χ3v) is 3.11. The molecular weight excluding hydrogens is 242 g/mol. The van der Waals surface area contributed by atoms with Gasteiger partial charge in [0.2, 0.25) is 0 Å². The molecule has 0 radical (unpaired) electrons. The van der Waals surface area contributed by atoms with Gasteiger partial charge < -0.3 is 14.6 Å². The molecule has 1 atom stereocenters. The number of aliphatic hydroxyl groups excluding tert-OH is 1. The Morgan fingerprint density at radius 2 is 2.11 bits per heavy atom. The van der Waals surface area contributed by atoms with Crippen LogP contribution in [0, 0.1) is 0 Å². The number of aromatic nitrogens is 2. The first-order valence-electron chi connectivity index (χ1n) is 6.11. The lowest BCUT2D eigenvalue weighted by molar-refractivity contribution is 0.0682. The second kappa shape index (κ2) is 5.67. The Morgan fingerprint density at radius 3 is 2.63 bits per heavy atom. The van der Waals surface area contributed by atoms with Gasteiger partial charge >= 0.3 is 0 Å². The van der Waals surface area contributed by atoms with Crippen LogP contribution in [0.15, 0.2) is 42.9 Å². The van der Waals surface area contributed by atoms with E-state index in [1.807, 2.05) is 29.1 Å². The second-order valence-electron chi connectivity index (χ2n) is 4.44. The predicted octanol–water partition coefficient (Wildman–Crippen LogP) is 1.33. The number of likely N-dealkylation sites (N-methyl/N-ethyl adjacent to an activating group) is 1. The minimum absolute atomic E-state index is 0.0584. The van der Waals surface area contributed by atoms with Crippen LogP contribution in [0.1, 0.15) is 17.3 Å². The average Bonchev–Trinajstić information content (AvgIpc) is 2.99. The largest absolute Gasteiger partial charge is 0.394 e. The van der Waals surface area contributed by atoms with Gasteiger partial charge in [0.1, 0.15) is 5.82 Å². The molecule has 1 amide bonds. The first kappa shape index (κ1) is 13.3. The van der Waals surface area contributed by atoms with Crippen LogP contribution >= 0.6 is 0 Å². The lowest BCUT2D eigenvalue weighted by atomic mass is 10.2. The summed E-state index contributed by atoms with van der Waals surface area (Å²) in [5.41, 5.74) is 0.513. The van der Waals surface area contributed by atoms with Crippen LogP contribution in [0.2, 0.25) is 0 Å². The van der Waals surface area contributed by atoms with Gasteiger partial charge in [-0.25, -0.2) is 4.98 Å². The first-order valence-corrected chi connectivity index (χ1v) is 6.11. The number of rotatable bonds is 4. The molecule has 0 aromatic carbocycles. The Labute approximate surface area is 112 Å². The summed E-state index contributed by atoms with van der Waals surface area (Å²) in [5.74, 6) is 0.618. The Balaban J connectivity index is 2.17. The molecule has 0 saturated carbocycles. The summed E-state index contributed by atoms with van der Waals surface area (Å²) in [5, 5.41) is 9.06. The smallest absolute Gasteiger partial charge is 0.255 e. The fourth-order valence-electron chi connectivity index (χ4n) is 1.68. The average molecular weight is 259 g/mol. The molecule has 2 aromatic heterocycles. The van der Waals surface area contributed by atoms with E-state index in [4.69, 9.17) is 5.11 Å². The van der Waals surface area contributed by atoms with Crippen molar-refractivity contribution in [3.63, 3.8) is 0 Å². The molecular formula is C14H17N3O2. The van der Waals surface area contributed by atoms with E-state index >= 15 is 0 Å². The highest BCUT2D eigenvalue weighted by Gasteiger charge is 2.16. The highest BCUT2D eigenvalue weighted by atomic mass is 16.3.